The van der Waals surface area contributed by atoms with E-state index >= 15 is 0 Å². The molecule has 2 N–H and O–H groups in total. The lowest BCUT2D eigenvalue weighted by Gasteiger charge is -2.05. The average molecular weight is 189 g/mol. The molecule has 0 saturated carbocycles. The molecule has 2 rings (SSSR count). The Hall–Kier alpha value is -1.12. The number of benzene rings is 1. The van der Waals surface area contributed by atoms with Crippen LogP contribution >= 0.6 is 11.3 Å². The molecule has 1 atom stereocenters. The minimum Gasteiger partial charge on any atom is -0.321 e. The lowest BCUT2D eigenvalue weighted by molar-refractivity contribution is 0.917. The second-order valence-corrected chi connectivity index (χ2v) is 3.93. The Labute approximate surface area is 81.5 Å². The van der Waals surface area contributed by atoms with E-state index in [2.05, 4.69) is 36.2 Å². The Bertz CT molecular complexity index is 430. The molecule has 0 unspecified atom stereocenters. The van der Waals surface area contributed by atoms with E-state index in [1.807, 2.05) is 0 Å². The highest BCUT2D eigenvalue weighted by molar-refractivity contribution is 7.17. The summed E-state index contributed by atoms with van der Waals surface area (Å²) in [4.78, 5) is 0. The van der Waals surface area contributed by atoms with Gasteiger partial charge in [-0.1, -0.05) is 12.1 Å². The minimum absolute atomic E-state index is 0.0516. The molecule has 1 nitrogen and oxygen atoms in total. The van der Waals surface area contributed by atoms with Crippen LogP contribution in [0.25, 0.3) is 10.1 Å². The first-order valence-electron chi connectivity index (χ1n) is 4.16. The summed E-state index contributed by atoms with van der Waals surface area (Å²) >= 11 is 1.75. The van der Waals surface area contributed by atoms with E-state index in [0.717, 1.165) is 5.56 Å². The fourth-order valence-corrected chi connectivity index (χ4v) is 2.10. The number of hydrogen-bond donors (Lipinski definition) is 1. The average Bonchev–Trinajstić information content (AvgIpc) is 2.63. The first-order valence-corrected chi connectivity index (χ1v) is 5.04. The van der Waals surface area contributed by atoms with Crippen molar-refractivity contribution in [3.05, 3.63) is 47.9 Å². The largest absolute Gasteiger partial charge is 0.321 e. The number of thiophene rings is 1. The maximum Gasteiger partial charge on any atom is 0.0478 e. The van der Waals surface area contributed by atoms with Crippen molar-refractivity contribution in [1.82, 2.24) is 0 Å². The molecule has 0 aliphatic rings. The molecule has 0 spiro atoms. The molecular weight excluding hydrogens is 178 g/mol. The van der Waals surface area contributed by atoms with Gasteiger partial charge in [0.25, 0.3) is 0 Å². The third kappa shape index (κ3) is 1.50. The zero-order valence-electron chi connectivity index (χ0n) is 7.23. The molecule has 66 valence electrons. The summed E-state index contributed by atoms with van der Waals surface area (Å²) in [7, 11) is 0. The smallest absolute Gasteiger partial charge is 0.0478 e. The van der Waals surface area contributed by atoms with Crippen molar-refractivity contribution in [1.29, 1.82) is 0 Å². The number of hydrogen-bond acceptors (Lipinski definition) is 2. The lowest BCUT2D eigenvalue weighted by atomic mass is 10.1. The molecule has 0 radical (unpaired) electrons. The summed E-state index contributed by atoms with van der Waals surface area (Å²) in [6.07, 6.45) is 1.76. The van der Waals surface area contributed by atoms with E-state index in [0.29, 0.717) is 0 Å². The summed E-state index contributed by atoms with van der Waals surface area (Å²) in [5.74, 6) is 0. The van der Waals surface area contributed by atoms with Gasteiger partial charge in [-0.05, 0) is 34.5 Å². The monoisotopic (exact) mass is 189 g/mol. The summed E-state index contributed by atoms with van der Waals surface area (Å²) in [6.45, 7) is 3.68. The molecule has 0 fully saturated rings. The Balaban J connectivity index is 2.53. The molecule has 0 aliphatic heterocycles. The summed E-state index contributed by atoms with van der Waals surface area (Å²) in [6, 6.07) is 8.35. The molecule has 0 bridgehead atoms. The first kappa shape index (κ1) is 8.48. The Morgan fingerprint density at radius 1 is 1.38 bits per heavy atom. The minimum atomic E-state index is -0.0516. The highest BCUT2D eigenvalue weighted by atomic mass is 32.1. The highest BCUT2D eigenvalue weighted by Gasteiger charge is 2.02. The van der Waals surface area contributed by atoms with Crippen molar-refractivity contribution in [2.24, 2.45) is 5.73 Å². The van der Waals surface area contributed by atoms with E-state index in [9.17, 15) is 0 Å². The Morgan fingerprint density at radius 3 is 3.00 bits per heavy atom. The second kappa shape index (κ2) is 3.32. The van der Waals surface area contributed by atoms with E-state index in [-0.39, 0.29) is 6.04 Å². The van der Waals surface area contributed by atoms with Crippen LogP contribution in [0.2, 0.25) is 0 Å². The van der Waals surface area contributed by atoms with E-state index < -0.39 is 0 Å². The Kier molecular flexibility index (Phi) is 2.17. The van der Waals surface area contributed by atoms with Gasteiger partial charge in [0.05, 0.1) is 0 Å². The van der Waals surface area contributed by atoms with Gasteiger partial charge in [-0.15, -0.1) is 17.9 Å². The molecule has 2 aromatic rings. The molecule has 2 heteroatoms. The van der Waals surface area contributed by atoms with Crippen LogP contribution in [0, 0.1) is 0 Å². The summed E-state index contributed by atoms with van der Waals surface area (Å²) in [5, 5.41) is 3.35. The van der Waals surface area contributed by atoms with Crippen LogP contribution in [0.15, 0.2) is 42.3 Å². The lowest BCUT2D eigenvalue weighted by Crippen LogP contribution is -2.05. The van der Waals surface area contributed by atoms with Gasteiger partial charge >= 0.3 is 0 Å². The third-order valence-corrected chi connectivity index (χ3v) is 3.01. The molecule has 1 aromatic heterocycles. The summed E-state index contributed by atoms with van der Waals surface area (Å²) in [5.41, 5.74) is 6.97. The predicted octanol–water partition coefficient (Wildman–Crippen LogP) is 3.09. The fraction of sp³-hybridized carbons (Fsp3) is 0.0909. The predicted molar refractivity (Wildman–Crippen MR) is 59.0 cm³/mol. The van der Waals surface area contributed by atoms with E-state index in [4.69, 9.17) is 5.73 Å². The van der Waals surface area contributed by atoms with Gasteiger partial charge in [0, 0.05) is 10.7 Å². The zero-order valence-corrected chi connectivity index (χ0v) is 8.05. The zero-order chi connectivity index (χ0) is 9.26. The SMILES string of the molecule is C=C[C@H](N)c1ccc2sccc2c1. The van der Waals surface area contributed by atoms with Crippen molar-refractivity contribution in [3.63, 3.8) is 0 Å². The maximum atomic E-state index is 5.84. The van der Waals surface area contributed by atoms with Crippen molar-refractivity contribution in [3.8, 4) is 0 Å². The van der Waals surface area contributed by atoms with Gasteiger partial charge in [0.1, 0.15) is 0 Å². The van der Waals surface area contributed by atoms with Crippen LogP contribution in [0.3, 0.4) is 0 Å². The van der Waals surface area contributed by atoms with Gasteiger partial charge in [-0.2, -0.15) is 0 Å². The quantitative estimate of drug-likeness (QED) is 0.722. The van der Waals surface area contributed by atoms with Gasteiger partial charge in [-0.3, -0.25) is 0 Å². The number of rotatable bonds is 2. The summed E-state index contributed by atoms with van der Waals surface area (Å²) < 4.78 is 1.31. The molecule has 13 heavy (non-hydrogen) atoms. The van der Waals surface area contributed by atoms with Crippen LogP contribution in [-0.4, -0.2) is 0 Å². The highest BCUT2D eigenvalue weighted by Crippen LogP contribution is 2.23. The van der Waals surface area contributed by atoms with E-state index in [1.165, 1.54) is 10.1 Å². The molecular formula is C11H11NS. The van der Waals surface area contributed by atoms with Crippen LogP contribution in [-0.2, 0) is 0 Å². The molecule has 1 aromatic carbocycles. The maximum absolute atomic E-state index is 5.84. The molecule has 0 amide bonds. The first-order chi connectivity index (χ1) is 6.31. The van der Waals surface area contributed by atoms with Gasteiger partial charge in [0.15, 0.2) is 0 Å². The van der Waals surface area contributed by atoms with Crippen LogP contribution < -0.4 is 5.73 Å². The molecule has 0 saturated heterocycles. The van der Waals surface area contributed by atoms with Crippen molar-refractivity contribution in [2.45, 2.75) is 6.04 Å². The standard InChI is InChI=1S/C11H11NS/c1-2-10(12)8-3-4-11-9(7-8)5-6-13-11/h2-7,10H,1,12H2/t10-/m0/s1. The van der Waals surface area contributed by atoms with Crippen molar-refractivity contribution >= 4 is 21.4 Å². The van der Waals surface area contributed by atoms with Crippen LogP contribution in [0.4, 0.5) is 0 Å². The topological polar surface area (TPSA) is 26.0 Å². The molecule has 1 heterocycles. The third-order valence-electron chi connectivity index (χ3n) is 2.12. The number of fused-ring (bicyclic) bond motifs is 1. The Morgan fingerprint density at radius 2 is 2.23 bits per heavy atom. The van der Waals surface area contributed by atoms with E-state index in [1.54, 1.807) is 17.4 Å². The van der Waals surface area contributed by atoms with Gasteiger partial charge in [-0.25, -0.2) is 0 Å². The number of nitrogens with two attached hydrogens (primary N) is 1. The van der Waals surface area contributed by atoms with Crippen molar-refractivity contribution in [2.75, 3.05) is 0 Å². The van der Waals surface area contributed by atoms with Gasteiger partial charge in [0.2, 0.25) is 0 Å². The van der Waals surface area contributed by atoms with Crippen molar-refractivity contribution < 1.29 is 0 Å². The second-order valence-electron chi connectivity index (χ2n) is 2.98. The van der Waals surface area contributed by atoms with Gasteiger partial charge < -0.3 is 5.73 Å². The van der Waals surface area contributed by atoms with Crippen LogP contribution in [0.5, 0.6) is 0 Å². The fourth-order valence-electron chi connectivity index (χ4n) is 1.33. The molecule has 0 aliphatic carbocycles. The normalized spacial score (nSPS) is 13.0. The van der Waals surface area contributed by atoms with Crippen LogP contribution in [0.1, 0.15) is 11.6 Å².